The monoisotopic (exact) mass is 302 g/mol. The number of furan rings is 1. The summed E-state index contributed by atoms with van der Waals surface area (Å²) >= 11 is 0. The number of ether oxygens (including phenoxy) is 1. The summed E-state index contributed by atoms with van der Waals surface area (Å²) in [6.45, 7) is 8.18. The third-order valence-corrected chi connectivity index (χ3v) is 3.25. The number of terminal acetylenes is 1. The van der Waals surface area contributed by atoms with Crippen LogP contribution in [0.2, 0.25) is 0 Å². The van der Waals surface area contributed by atoms with Gasteiger partial charge in [0, 0.05) is 2.85 Å². The molecule has 0 aliphatic carbocycles. The number of halogens is 1. The number of aryl methyl sites for hydroxylation is 2. The molecular formula is C17H30FO3+. The van der Waals surface area contributed by atoms with Gasteiger partial charge >= 0.3 is 12.8 Å². The van der Waals surface area contributed by atoms with Gasteiger partial charge in [0.25, 0.3) is 0 Å². The molecule has 1 fully saturated rings. The Morgan fingerprint density at radius 2 is 1.52 bits per heavy atom. The molecule has 0 radical (unpaired) electrons. The molecule has 2 atom stereocenters. The first-order valence-electron chi connectivity index (χ1n) is 7.11. The van der Waals surface area contributed by atoms with E-state index in [0.717, 1.165) is 11.5 Å². The van der Waals surface area contributed by atoms with E-state index < -0.39 is 7.15 Å². The summed E-state index contributed by atoms with van der Waals surface area (Å²) < 4.78 is 26.3. The molecule has 3 rings (SSSR count). The number of alkyl halides is 1. The molecule has 1 aromatic heterocycles. The minimum absolute atomic E-state index is 0. The molecule has 0 amide bonds. The Morgan fingerprint density at radius 1 is 1.19 bits per heavy atom. The van der Waals surface area contributed by atoms with Crippen molar-refractivity contribution in [1.82, 2.24) is 0 Å². The summed E-state index contributed by atoms with van der Waals surface area (Å²) in [5, 5.41) is 0. The topological polar surface area (TPSA) is 53.9 Å². The van der Waals surface area contributed by atoms with E-state index in [9.17, 15) is 4.39 Å². The molecule has 122 valence electrons. The van der Waals surface area contributed by atoms with Gasteiger partial charge in [-0.3, -0.25) is 4.39 Å². The summed E-state index contributed by atoms with van der Waals surface area (Å²) in [5.74, 6) is 1.97. The van der Waals surface area contributed by atoms with Gasteiger partial charge in [-0.25, -0.2) is 0 Å². The average Bonchev–Trinajstić information content (AvgIpc) is 3.05. The van der Waals surface area contributed by atoms with Crippen LogP contribution in [0.15, 0.2) is 28.7 Å². The standard InChI is InChI=1S/C8H12O.C6H8O.C2H.CH3F.H2O.2H2/c1-7-3-5-8(2,9-7)6-4-7;1-5-3-4-6(2)7-5;2*1-2;;;/h3,5H,4,6H2,1-2H3;3-4H,1-2H3;1H;1H3;1H2;2*1H/q;;+1;;;;/i;;;1D;;;. The second-order valence-electron chi connectivity index (χ2n) is 5.22. The van der Waals surface area contributed by atoms with Crippen LogP contribution in [-0.2, 0) is 4.74 Å². The molecule has 21 heavy (non-hydrogen) atoms. The van der Waals surface area contributed by atoms with Crippen molar-refractivity contribution in [2.45, 2.75) is 51.7 Å². The molecule has 0 saturated carbocycles. The largest absolute Gasteiger partial charge is 0 e. The van der Waals surface area contributed by atoms with Crippen LogP contribution < -0.4 is 0 Å². The van der Waals surface area contributed by atoms with E-state index in [1.807, 2.05) is 26.0 Å². The predicted molar refractivity (Wildman–Crippen MR) is 87.5 cm³/mol. The fourth-order valence-corrected chi connectivity index (χ4v) is 2.28. The third-order valence-electron chi connectivity index (χ3n) is 3.25. The second-order valence-corrected chi connectivity index (χ2v) is 5.22. The number of hydrogen-bond acceptors (Lipinski definition) is 2. The summed E-state index contributed by atoms with van der Waals surface area (Å²) in [7, 11) is -1.00. The van der Waals surface area contributed by atoms with E-state index in [1.54, 1.807) is 0 Å². The van der Waals surface area contributed by atoms with Crippen molar-refractivity contribution in [3.8, 4) is 6.42 Å². The van der Waals surface area contributed by atoms with Gasteiger partial charge in [0.2, 0.25) is 0 Å². The maximum absolute atomic E-state index is 9.96. The predicted octanol–water partition coefficient (Wildman–Crippen LogP) is 4.24. The fraction of sp³-hybridized carbons (Fsp3) is 0.529. The Morgan fingerprint density at radius 3 is 1.62 bits per heavy atom. The van der Waals surface area contributed by atoms with Gasteiger partial charge in [0.05, 0.1) is 19.7 Å². The van der Waals surface area contributed by atoms with E-state index in [1.165, 1.54) is 12.8 Å². The Hall–Kier alpha value is -1.35. The van der Waals surface area contributed by atoms with Gasteiger partial charge in [-0.1, -0.05) is 12.2 Å². The molecule has 3 heterocycles. The van der Waals surface area contributed by atoms with Crippen LogP contribution in [0.4, 0.5) is 4.39 Å². The molecule has 2 aliphatic rings. The van der Waals surface area contributed by atoms with E-state index in [4.69, 9.17) is 16.9 Å². The quantitative estimate of drug-likeness (QED) is 0.409. The van der Waals surface area contributed by atoms with Crippen molar-refractivity contribution in [1.29, 1.82) is 0 Å². The van der Waals surface area contributed by atoms with Crippen molar-refractivity contribution < 1.29 is 23.2 Å². The van der Waals surface area contributed by atoms with Crippen LogP contribution in [0, 0.1) is 26.7 Å². The van der Waals surface area contributed by atoms with Crippen LogP contribution in [0.5, 0.6) is 0 Å². The van der Waals surface area contributed by atoms with Gasteiger partial charge in [-0.2, -0.15) is 0 Å². The first-order valence-corrected chi connectivity index (χ1v) is 6.40. The molecular weight excluding hydrogens is 271 g/mol. The number of hydrogen-bond donors (Lipinski definition) is 0. The minimum atomic E-state index is -1.00. The Kier molecular flexibility index (Phi) is 8.95. The van der Waals surface area contributed by atoms with Crippen molar-refractivity contribution in [2.75, 3.05) is 7.15 Å². The molecule has 1 aromatic rings. The first-order chi connectivity index (χ1) is 9.82. The molecule has 3 nitrogen and oxygen atoms in total. The van der Waals surface area contributed by atoms with Gasteiger partial charge in [0.1, 0.15) is 11.5 Å². The van der Waals surface area contributed by atoms with Crippen LogP contribution in [0.3, 0.4) is 0 Å². The zero-order valence-corrected chi connectivity index (χ0v) is 13.2. The molecule has 4 heteroatoms. The fourth-order valence-electron chi connectivity index (χ4n) is 2.28. The van der Waals surface area contributed by atoms with E-state index in [0.29, 0.717) is 0 Å². The third kappa shape index (κ3) is 6.76. The number of fused-ring (bicyclic) bond motifs is 2. The first kappa shape index (κ1) is 19.7. The van der Waals surface area contributed by atoms with Crippen molar-refractivity contribution in [3.05, 3.63) is 42.2 Å². The molecule has 0 spiro atoms. The van der Waals surface area contributed by atoms with E-state index in [2.05, 4.69) is 32.4 Å². The van der Waals surface area contributed by atoms with Crippen molar-refractivity contribution in [3.63, 3.8) is 0 Å². The Balaban J connectivity index is -0.000000122. The van der Waals surface area contributed by atoms with Gasteiger partial charge in [-0.05, 0) is 52.7 Å². The van der Waals surface area contributed by atoms with Gasteiger partial charge < -0.3 is 14.6 Å². The van der Waals surface area contributed by atoms with Crippen LogP contribution in [0.25, 0.3) is 0 Å². The van der Waals surface area contributed by atoms with Crippen LogP contribution >= 0.6 is 0 Å². The SMILES string of the molecule is CC12C=CC(C)(CC1)O2.Cc1ccc(C)o1.O.[2H]CF.[C+]#C.[HH].[HH]. The Bertz CT molecular complexity index is 442. The van der Waals surface area contributed by atoms with Crippen molar-refractivity contribution in [2.24, 2.45) is 0 Å². The molecule has 2 unspecified atom stereocenters. The van der Waals surface area contributed by atoms with E-state index >= 15 is 0 Å². The zero-order chi connectivity index (χ0) is 16.5. The summed E-state index contributed by atoms with van der Waals surface area (Å²) in [6, 6.07) is 3.91. The maximum atomic E-state index is 9.96. The Labute approximate surface area is 131 Å². The zero-order valence-electron chi connectivity index (χ0n) is 14.2. The average molecular weight is 302 g/mol. The second kappa shape index (κ2) is 9.56. The van der Waals surface area contributed by atoms with Crippen LogP contribution in [0.1, 0.15) is 42.4 Å². The normalized spacial score (nSPS) is 27.8. The van der Waals surface area contributed by atoms with Gasteiger partial charge in [-0.15, -0.1) is 0 Å². The molecule has 2 bridgehead atoms. The smallest absolute Gasteiger partial charge is 0 e. The molecule has 2 N–H and O–H groups in total. The molecule has 0 aromatic carbocycles. The van der Waals surface area contributed by atoms with E-state index in [-0.39, 0.29) is 19.5 Å². The molecule has 1 saturated heterocycles. The molecule has 2 aliphatic heterocycles. The summed E-state index contributed by atoms with van der Waals surface area (Å²) in [6.07, 6.45) is 15.8. The number of rotatable bonds is 0. The maximum Gasteiger partial charge on any atom is 0 e. The summed E-state index contributed by atoms with van der Waals surface area (Å²) in [4.78, 5) is 0. The van der Waals surface area contributed by atoms with Crippen LogP contribution in [-0.4, -0.2) is 23.8 Å². The van der Waals surface area contributed by atoms with Gasteiger partial charge in [0.15, 0.2) is 0 Å². The van der Waals surface area contributed by atoms with Crippen molar-refractivity contribution >= 4 is 0 Å². The summed E-state index contributed by atoms with van der Waals surface area (Å²) in [5.41, 5.74) is 0.184. The minimum Gasteiger partial charge on any atom is 0 e.